The Bertz CT molecular complexity index is 1070. The van der Waals surface area contributed by atoms with Crippen molar-refractivity contribution in [2.24, 2.45) is 5.73 Å². The molecule has 2 rings (SSSR count). The maximum Gasteiger partial charge on any atom is 0.306 e. The van der Waals surface area contributed by atoms with E-state index in [0.717, 1.165) is 17.5 Å². The van der Waals surface area contributed by atoms with Gasteiger partial charge in [-0.05, 0) is 30.4 Å². The fraction of sp³-hybridized carbons (Fsp3) is 0.484. The van der Waals surface area contributed by atoms with Crippen molar-refractivity contribution < 1.29 is 38.1 Å². The highest BCUT2D eigenvalue weighted by atomic mass is 16.5. The number of carbonyl (C=O) groups is 4. The third kappa shape index (κ3) is 15.3. The van der Waals surface area contributed by atoms with Crippen molar-refractivity contribution in [3.05, 3.63) is 71.8 Å². The van der Waals surface area contributed by atoms with Gasteiger partial charge in [0.05, 0.1) is 25.9 Å². The Morgan fingerprint density at radius 1 is 0.714 bits per heavy atom. The zero-order chi connectivity index (χ0) is 30.4. The largest absolute Gasteiger partial charge is 0.461 e. The summed E-state index contributed by atoms with van der Waals surface area (Å²) in [6.07, 6.45) is 0.787. The summed E-state index contributed by atoms with van der Waals surface area (Å²) in [5.41, 5.74) is 7.69. The van der Waals surface area contributed by atoms with Gasteiger partial charge in [-0.15, -0.1) is 0 Å². The summed E-state index contributed by atoms with van der Waals surface area (Å²) in [7, 11) is 0. The highest BCUT2D eigenvalue weighted by Crippen LogP contribution is 2.07. The van der Waals surface area contributed by atoms with Crippen LogP contribution in [0.25, 0.3) is 0 Å². The first-order valence-corrected chi connectivity index (χ1v) is 14.3. The Balaban J connectivity index is 1.81. The van der Waals surface area contributed by atoms with E-state index in [-0.39, 0.29) is 52.0 Å². The number of hydrogen-bond donors (Lipinski definition) is 3. The molecule has 11 nitrogen and oxygen atoms in total. The van der Waals surface area contributed by atoms with Crippen LogP contribution in [0.5, 0.6) is 0 Å². The minimum absolute atomic E-state index is 0.00273. The number of benzene rings is 2. The Morgan fingerprint density at radius 3 is 1.79 bits per heavy atom. The Kier molecular flexibility index (Phi) is 17.2. The summed E-state index contributed by atoms with van der Waals surface area (Å²) in [4.78, 5) is 50.1. The zero-order valence-corrected chi connectivity index (χ0v) is 24.3. The van der Waals surface area contributed by atoms with E-state index in [1.807, 2.05) is 67.6 Å². The van der Waals surface area contributed by atoms with Gasteiger partial charge in [-0.25, -0.2) is 0 Å². The number of rotatable bonds is 21. The lowest BCUT2D eigenvalue weighted by Gasteiger charge is -2.20. The van der Waals surface area contributed by atoms with Crippen LogP contribution < -0.4 is 16.4 Å². The molecule has 0 bridgehead atoms. The van der Waals surface area contributed by atoms with Gasteiger partial charge >= 0.3 is 11.9 Å². The smallest absolute Gasteiger partial charge is 0.306 e. The quantitative estimate of drug-likeness (QED) is 0.148. The molecule has 0 unspecified atom stereocenters. The van der Waals surface area contributed by atoms with Gasteiger partial charge in [0, 0.05) is 26.0 Å². The first-order chi connectivity index (χ1) is 20.4. The molecule has 0 aromatic heterocycles. The molecule has 230 valence electrons. The monoisotopic (exact) mass is 585 g/mol. The number of amides is 2. The van der Waals surface area contributed by atoms with Crippen LogP contribution in [0.4, 0.5) is 0 Å². The van der Waals surface area contributed by atoms with Crippen molar-refractivity contribution >= 4 is 23.8 Å². The molecule has 2 atom stereocenters. The van der Waals surface area contributed by atoms with Crippen LogP contribution in [0.2, 0.25) is 0 Å². The normalized spacial score (nSPS) is 12.1. The summed E-state index contributed by atoms with van der Waals surface area (Å²) < 4.78 is 21.3. The summed E-state index contributed by atoms with van der Waals surface area (Å²) in [5.74, 6) is -2.10. The lowest BCUT2D eigenvalue weighted by molar-refractivity contribution is -0.146. The lowest BCUT2D eigenvalue weighted by atomic mass is 10.1. The van der Waals surface area contributed by atoms with Gasteiger partial charge in [0.2, 0.25) is 11.8 Å². The van der Waals surface area contributed by atoms with Crippen LogP contribution in [0, 0.1) is 0 Å². The standard InChI is InChI=1S/C31H43N3O8/c1-2-18-39-20-21-40-19-17-33-31(38)27(14-16-29(36)42-23-25-11-7-4-8-12-25)34-30(37)26(32)13-15-28(35)41-22-24-9-5-3-6-10-24/h3-12,26-27H,2,13-23,32H2,1H3,(H,33,38)(H,34,37)/t26-,27-/m0/s1. The summed E-state index contributed by atoms with van der Waals surface area (Å²) in [5, 5.41) is 5.31. The van der Waals surface area contributed by atoms with Gasteiger partial charge in [-0.2, -0.15) is 0 Å². The van der Waals surface area contributed by atoms with Gasteiger partial charge in [0.1, 0.15) is 19.3 Å². The summed E-state index contributed by atoms with van der Waals surface area (Å²) in [6.45, 7) is 4.22. The molecule has 2 aromatic carbocycles. The predicted molar refractivity (Wildman–Crippen MR) is 156 cm³/mol. The predicted octanol–water partition coefficient (Wildman–Crippen LogP) is 2.41. The third-order valence-corrected chi connectivity index (χ3v) is 6.02. The second-order valence-corrected chi connectivity index (χ2v) is 9.55. The van der Waals surface area contributed by atoms with Gasteiger partial charge in [0.15, 0.2) is 0 Å². The van der Waals surface area contributed by atoms with Crippen molar-refractivity contribution in [1.82, 2.24) is 10.6 Å². The molecule has 0 saturated heterocycles. The Hall–Kier alpha value is -3.80. The second-order valence-electron chi connectivity index (χ2n) is 9.55. The highest BCUT2D eigenvalue weighted by molar-refractivity contribution is 5.90. The molecule has 2 aromatic rings. The molecule has 2 amide bonds. The minimum atomic E-state index is -1.05. The van der Waals surface area contributed by atoms with E-state index < -0.39 is 35.8 Å². The fourth-order valence-electron chi connectivity index (χ4n) is 3.67. The number of ether oxygens (including phenoxy) is 4. The van der Waals surface area contributed by atoms with Gasteiger partial charge in [-0.1, -0.05) is 67.6 Å². The molecule has 0 aliphatic heterocycles. The average Bonchev–Trinajstić information content (AvgIpc) is 3.01. The molecule has 0 aliphatic carbocycles. The van der Waals surface area contributed by atoms with Crippen LogP contribution in [-0.4, -0.2) is 68.8 Å². The average molecular weight is 586 g/mol. The molecule has 0 radical (unpaired) electrons. The Morgan fingerprint density at radius 2 is 1.24 bits per heavy atom. The molecule has 0 aliphatic rings. The van der Waals surface area contributed by atoms with Crippen LogP contribution >= 0.6 is 0 Å². The SMILES string of the molecule is CCCOCCOCCNC(=O)[C@H](CCC(=O)OCc1ccccc1)NC(=O)[C@@H](N)CCC(=O)OCc1ccccc1. The number of esters is 2. The first-order valence-electron chi connectivity index (χ1n) is 14.3. The molecule has 0 heterocycles. The van der Waals surface area contributed by atoms with Crippen LogP contribution in [0.3, 0.4) is 0 Å². The highest BCUT2D eigenvalue weighted by Gasteiger charge is 2.25. The third-order valence-electron chi connectivity index (χ3n) is 6.02. The maximum atomic E-state index is 12.9. The molecule has 4 N–H and O–H groups in total. The van der Waals surface area contributed by atoms with E-state index >= 15 is 0 Å². The van der Waals surface area contributed by atoms with Crippen molar-refractivity contribution in [2.75, 3.05) is 33.0 Å². The minimum Gasteiger partial charge on any atom is -0.461 e. The van der Waals surface area contributed by atoms with Gasteiger partial charge in [0.25, 0.3) is 0 Å². The van der Waals surface area contributed by atoms with Crippen molar-refractivity contribution in [1.29, 1.82) is 0 Å². The molecule has 0 saturated carbocycles. The van der Waals surface area contributed by atoms with Gasteiger partial charge in [-0.3, -0.25) is 19.2 Å². The summed E-state index contributed by atoms with van der Waals surface area (Å²) in [6, 6.07) is 16.3. The first kappa shape index (κ1) is 34.4. The van der Waals surface area contributed by atoms with E-state index in [0.29, 0.717) is 19.8 Å². The number of nitrogens with one attached hydrogen (secondary N) is 2. The van der Waals surface area contributed by atoms with E-state index in [9.17, 15) is 19.2 Å². The van der Waals surface area contributed by atoms with Crippen LogP contribution in [0.1, 0.15) is 50.2 Å². The topological polar surface area (TPSA) is 155 Å². The Labute approximate surface area is 247 Å². The fourth-order valence-corrected chi connectivity index (χ4v) is 3.67. The maximum absolute atomic E-state index is 12.9. The van der Waals surface area contributed by atoms with E-state index in [1.54, 1.807) is 0 Å². The molecular weight excluding hydrogens is 542 g/mol. The van der Waals surface area contributed by atoms with Crippen LogP contribution in [0.15, 0.2) is 60.7 Å². The van der Waals surface area contributed by atoms with Crippen molar-refractivity contribution in [3.63, 3.8) is 0 Å². The molecule has 11 heteroatoms. The molecule has 0 spiro atoms. The number of carbonyl (C=O) groups excluding carboxylic acids is 4. The number of nitrogens with two attached hydrogens (primary N) is 1. The van der Waals surface area contributed by atoms with E-state index in [2.05, 4.69) is 10.6 Å². The molecule has 42 heavy (non-hydrogen) atoms. The van der Waals surface area contributed by atoms with Gasteiger partial charge < -0.3 is 35.3 Å². The second kappa shape index (κ2) is 21.0. The van der Waals surface area contributed by atoms with Crippen LogP contribution in [-0.2, 0) is 51.3 Å². The van der Waals surface area contributed by atoms with E-state index in [4.69, 9.17) is 24.7 Å². The van der Waals surface area contributed by atoms with E-state index in [1.165, 1.54) is 0 Å². The summed E-state index contributed by atoms with van der Waals surface area (Å²) >= 11 is 0. The molecular formula is C31H43N3O8. The lowest BCUT2D eigenvalue weighted by Crippen LogP contribution is -2.52. The number of hydrogen-bond acceptors (Lipinski definition) is 9. The zero-order valence-electron chi connectivity index (χ0n) is 24.3. The van der Waals surface area contributed by atoms with Crippen molar-refractivity contribution in [3.8, 4) is 0 Å². The molecule has 0 fully saturated rings. The van der Waals surface area contributed by atoms with Crippen molar-refractivity contribution in [2.45, 2.75) is 64.3 Å².